The van der Waals surface area contributed by atoms with Crippen LogP contribution in [0, 0.1) is 0 Å². The van der Waals surface area contributed by atoms with Gasteiger partial charge in [0, 0.05) is 37.4 Å². The van der Waals surface area contributed by atoms with Gasteiger partial charge < -0.3 is 9.64 Å². The zero-order valence-corrected chi connectivity index (χ0v) is 18.1. The van der Waals surface area contributed by atoms with E-state index in [4.69, 9.17) is 4.74 Å². The van der Waals surface area contributed by atoms with E-state index in [-0.39, 0.29) is 23.7 Å². The molecule has 1 aromatic carbocycles. The first-order valence-corrected chi connectivity index (χ1v) is 10.6. The quantitative estimate of drug-likeness (QED) is 0.224. The lowest BCUT2D eigenvalue weighted by molar-refractivity contribution is -0.123. The van der Waals surface area contributed by atoms with Crippen LogP contribution in [-0.4, -0.2) is 49.5 Å². The van der Waals surface area contributed by atoms with Crippen molar-refractivity contribution in [1.29, 1.82) is 0 Å². The molecule has 0 spiro atoms. The number of hydrogen-bond acceptors (Lipinski definition) is 6. The molecule has 1 aromatic heterocycles. The number of carbonyl (C=O) groups is 3. The molecule has 0 bridgehead atoms. The molecule has 1 aliphatic carbocycles. The van der Waals surface area contributed by atoms with E-state index in [1.165, 1.54) is 11.3 Å². The van der Waals surface area contributed by atoms with Crippen LogP contribution in [0.4, 0.5) is 5.00 Å². The highest BCUT2D eigenvalue weighted by molar-refractivity contribution is 7.17. The molecule has 0 radical (unpaired) electrons. The third-order valence-electron chi connectivity index (χ3n) is 4.55. The Labute approximate surface area is 179 Å². The van der Waals surface area contributed by atoms with Gasteiger partial charge in [-0.3, -0.25) is 9.59 Å². The molecule has 0 N–H and O–H groups in total. The van der Waals surface area contributed by atoms with E-state index in [1.54, 1.807) is 24.2 Å². The second-order valence-corrected chi connectivity index (χ2v) is 8.10. The smallest absolute Gasteiger partial charge is 0.341 e. The highest BCUT2D eigenvalue weighted by atomic mass is 32.1. The van der Waals surface area contributed by atoms with Gasteiger partial charge in [0.1, 0.15) is 10.6 Å². The van der Waals surface area contributed by atoms with E-state index >= 15 is 0 Å². The van der Waals surface area contributed by atoms with Gasteiger partial charge in [-0.2, -0.15) is 0 Å². The Morgan fingerprint density at radius 3 is 2.43 bits per heavy atom. The normalized spacial score (nSPS) is 14.3. The molecule has 1 aliphatic rings. The van der Waals surface area contributed by atoms with Crippen molar-refractivity contribution in [3.05, 3.63) is 46.3 Å². The zero-order valence-electron chi connectivity index (χ0n) is 17.3. The fourth-order valence-electron chi connectivity index (χ4n) is 3.21. The summed E-state index contributed by atoms with van der Waals surface area (Å²) in [5.74, 6) is -0.797. The fourth-order valence-corrected chi connectivity index (χ4v) is 4.30. The number of carbonyl (C=O) groups excluding carboxylic acids is 3. The lowest BCUT2D eigenvalue weighted by Crippen LogP contribution is -2.18. The average molecular weight is 425 g/mol. The molecule has 1 saturated carbocycles. The van der Waals surface area contributed by atoms with Gasteiger partial charge in [0.05, 0.1) is 18.5 Å². The van der Waals surface area contributed by atoms with Crippen molar-refractivity contribution in [3.8, 4) is 11.1 Å². The Morgan fingerprint density at radius 1 is 1.17 bits per heavy atom. The highest BCUT2D eigenvalue weighted by Crippen LogP contribution is 2.44. The minimum absolute atomic E-state index is 0.158. The van der Waals surface area contributed by atoms with Crippen LogP contribution >= 0.6 is 11.3 Å². The van der Waals surface area contributed by atoms with E-state index < -0.39 is 5.97 Å². The van der Waals surface area contributed by atoms with Crippen molar-refractivity contribution in [2.24, 2.45) is 4.99 Å². The number of ketones is 2. The van der Waals surface area contributed by atoms with Crippen molar-refractivity contribution in [3.63, 3.8) is 0 Å². The summed E-state index contributed by atoms with van der Waals surface area (Å²) in [5.41, 5.74) is 1.96. The monoisotopic (exact) mass is 424 g/mol. The molecule has 0 unspecified atom stereocenters. The summed E-state index contributed by atoms with van der Waals surface area (Å²) >= 11 is 1.27. The second kappa shape index (κ2) is 9.63. The summed E-state index contributed by atoms with van der Waals surface area (Å²) in [6.45, 7) is 1.98. The SMILES string of the molecule is CCOC(=O)c1c(/N=C/N(C)C)sc(C=C2C(=O)CCCC2=O)c1-c1ccccc1. The predicted molar refractivity (Wildman–Crippen MR) is 119 cm³/mol. The lowest BCUT2D eigenvalue weighted by Gasteiger charge is -2.12. The molecule has 156 valence electrons. The number of rotatable bonds is 6. The molecule has 1 fully saturated rings. The minimum atomic E-state index is -0.482. The summed E-state index contributed by atoms with van der Waals surface area (Å²) in [5, 5.41) is 0.476. The van der Waals surface area contributed by atoms with E-state index in [9.17, 15) is 14.4 Å². The lowest BCUT2D eigenvalue weighted by atomic mass is 9.91. The third kappa shape index (κ3) is 4.74. The van der Waals surface area contributed by atoms with Crippen LogP contribution in [0.15, 0.2) is 40.9 Å². The molecular formula is C23H24N2O4S. The van der Waals surface area contributed by atoms with Gasteiger partial charge in [-0.1, -0.05) is 30.3 Å². The number of aliphatic imine (C=N–C) groups is 1. The first kappa shape index (κ1) is 21.6. The molecule has 6 nitrogen and oxygen atoms in total. The van der Waals surface area contributed by atoms with Crippen LogP contribution < -0.4 is 0 Å². The molecule has 0 aliphatic heterocycles. The van der Waals surface area contributed by atoms with E-state index in [0.29, 0.717) is 40.3 Å². The van der Waals surface area contributed by atoms with Gasteiger partial charge in [0.15, 0.2) is 11.6 Å². The number of esters is 1. The van der Waals surface area contributed by atoms with Gasteiger partial charge in [0.2, 0.25) is 0 Å². The maximum atomic E-state index is 12.9. The minimum Gasteiger partial charge on any atom is -0.462 e. The Bertz CT molecular complexity index is 1000. The Hall–Kier alpha value is -3.06. The van der Waals surface area contributed by atoms with Crippen LogP contribution in [0.1, 0.15) is 41.4 Å². The number of nitrogens with zero attached hydrogens (tertiary/aromatic N) is 2. The third-order valence-corrected chi connectivity index (χ3v) is 5.59. The molecule has 0 amide bonds. The maximum Gasteiger partial charge on any atom is 0.341 e. The van der Waals surface area contributed by atoms with Crippen molar-refractivity contribution in [2.45, 2.75) is 26.2 Å². The number of thiophene rings is 1. The van der Waals surface area contributed by atoms with Crippen LogP contribution in [0.25, 0.3) is 17.2 Å². The van der Waals surface area contributed by atoms with Gasteiger partial charge in [-0.25, -0.2) is 9.79 Å². The highest BCUT2D eigenvalue weighted by Gasteiger charge is 2.28. The Kier molecular flexibility index (Phi) is 6.95. The molecular weight excluding hydrogens is 400 g/mol. The van der Waals surface area contributed by atoms with Crippen molar-refractivity contribution in [1.82, 2.24) is 4.90 Å². The van der Waals surface area contributed by atoms with E-state index in [1.807, 2.05) is 44.4 Å². The maximum absolute atomic E-state index is 12.9. The molecule has 3 rings (SSSR count). The molecule has 0 atom stereocenters. The molecule has 1 heterocycles. The van der Waals surface area contributed by atoms with Gasteiger partial charge in [0.25, 0.3) is 0 Å². The Morgan fingerprint density at radius 2 is 1.83 bits per heavy atom. The molecule has 30 heavy (non-hydrogen) atoms. The summed E-state index contributed by atoms with van der Waals surface area (Å²) < 4.78 is 5.31. The van der Waals surface area contributed by atoms with Gasteiger partial charge >= 0.3 is 5.97 Å². The summed E-state index contributed by atoms with van der Waals surface area (Å²) in [6, 6.07) is 9.40. The topological polar surface area (TPSA) is 76.0 Å². The van der Waals surface area contributed by atoms with E-state index in [0.717, 1.165) is 5.56 Å². The predicted octanol–water partition coefficient (Wildman–Crippen LogP) is 4.52. The fraction of sp³-hybridized carbons (Fsp3) is 0.304. The molecule has 0 saturated heterocycles. The second-order valence-electron chi connectivity index (χ2n) is 7.07. The molecule has 2 aromatic rings. The van der Waals surface area contributed by atoms with E-state index in [2.05, 4.69) is 4.99 Å². The van der Waals surface area contributed by atoms with Crippen LogP contribution in [0.5, 0.6) is 0 Å². The van der Waals surface area contributed by atoms with Crippen LogP contribution in [0.2, 0.25) is 0 Å². The first-order chi connectivity index (χ1) is 14.4. The van der Waals surface area contributed by atoms with Gasteiger partial charge in [-0.05, 0) is 25.0 Å². The van der Waals surface area contributed by atoms with Crippen LogP contribution in [-0.2, 0) is 14.3 Å². The van der Waals surface area contributed by atoms with Crippen molar-refractivity contribution in [2.75, 3.05) is 20.7 Å². The van der Waals surface area contributed by atoms with Crippen molar-refractivity contribution >= 4 is 46.3 Å². The zero-order chi connectivity index (χ0) is 21.7. The number of benzene rings is 1. The summed E-state index contributed by atoms with van der Waals surface area (Å²) in [4.78, 5) is 44.5. The Balaban J connectivity index is 2.27. The largest absolute Gasteiger partial charge is 0.462 e. The number of ether oxygens (including phenoxy) is 1. The molecule has 7 heteroatoms. The van der Waals surface area contributed by atoms with Crippen LogP contribution in [0.3, 0.4) is 0 Å². The number of Topliss-reactive ketones (excluding diaryl/α,β-unsaturated/α-hetero) is 2. The standard InChI is InChI=1S/C23H24N2O4S/c1-4-29-23(28)21-20(15-9-6-5-7-10-15)19(30-22(21)24-14-25(2)3)13-16-17(26)11-8-12-18(16)27/h5-7,9-10,13-14H,4,8,11-12H2,1-3H3/b24-14+. The van der Waals surface area contributed by atoms with Crippen molar-refractivity contribution < 1.29 is 19.1 Å². The summed E-state index contributed by atoms with van der Waals surface area (Å²) in [6.07, 6.45) is 4.53. The summed E-state index contributed by atoms with van der Waals surface area (Å²) in [7, 11) is 3.67. The number of hydrogen-bond donors (Lipinski definition) is 0. The van der Waals surface area contributed by atoms with Gasteiger partial charge in [-0.15, -0.1) is 11.3 Å². The number of allylic oxidation sites excluding steroid dienone is 1. The first-order valence-electron chi connectivity index (χ1n) is 9.80. The average Bonchev–Trinajstić information content (AvgIpc) is 3.08.